The highest BCUT2D eigenvalue weighted by Gasteiger charge is 2.10. The Morgan fingerprint density at radius 3 is 1.96 bits per heavy atom. The second-order valence-electron chi connectivity index (χ2n) is 6.32. The molecule has 0 aliphatic rings. The van der Waals surface area contributed by atoms with E-state index in [1.54, 1.807) is 24.3 Å². The third-order valence-electron chi connectivity index (χ3n) is 4.06. The van der Waals surface area contributed by atoms with Gasteiger partial charge in [0.2, 0.25) is 0 Å². The van der Waals surface area contributed by atoms with Crippen LogP contribution in [-0.4, -0.2) is 14.6 Å². The lowest BCUT2D eigenvalue weighted by molar-refractivity contribution is 0.598. The molecule has 3 nitrogen and oxygen atoms in total. The zero-order valence-corrected chi connectivity index (χ0v) is 16.4. The molecule has 140 valence electrons. The number of benzene rings is 3. The fraction of sp³-hybridized carbons (Fsp3) is 0.0417. The van der Waals surface area contributed by atoms with Crippen LogP contribution in [0.15, 0.2) is 106 Å². The molecular weight excluding hydrogens is 366 g/mol. The molecule has 0 aliphatic heterocycles. The third-order valence-corrected chi connectivity index (χ3v) is 5.31. The molecule has 0 amide bonds. The van der Waals surface area contributed by atoms with Crippen molar-refractivity contribution in [3.05, 3.63) is 113 Å². The van der Waals surface area contributed by atoms with Gasteiger partial charge in [0, 0.05) is 6.21 Å². The van der Waals surface area contributed by atoms with Crippen molar-refractivity contribution in [2.24, 2.45) is 4.40 Å². The average Bonchev–Trinajstić information content (AvgIpc) is 2.72. The van der Waals surface area contributed by atoms with Crippen molar-refractivity contribution in [3.8, 4) is 0 Å². The summed E-state index contributed by atoms with van der Waals surface area (Å²) >= 11 is 0. The summed E-state index contributed by atoms with van der Waals surface area (Å²) in [7, 11) is -3.75. The average molecular weight is 388 g/mol. The molecule has 3 aromatic carbocycles. The summed E-state index contributed by atoms with van der Waals surface area (Å²) in [6.45, 7) is 1.91. The number of sulfonamides is 1. The molecular formula is C24H21NO2S. The van der Waals surface area contributed by atoms with Gasteiger partial charge in [-0.1, -0.05) is 90.5 Å². The van der Waals surface area contributed by atoms with Crippen molar-refractivity contribution in [1.82, 2.24) is 0 Å². The largest absolute Gasteiger partial charge is 0.282 e. The molecule has 4 heteroatoms. The molecule has 28 heavy (non-hydrogen) atoms. The number of nitrogens with zero attached hydrogens (tertiary/aromatic N) is 1. The standard InChI is InChI=1S/C24H21NO2S/c1-20-12-16-24(17-13-20)28(26,27)25-19-23(18-22-10-6-3-7-11-22)15-14-21-8-4-2-5-9-21/h2-19H,1H3/b15-14+,23-18-,25-19+. The quantitative estimate of drug-likeness (QED) is 0.411. The minimum absolute atomic E-state index is 0.181. The van der Waals surface area contributed by atoms with Crippen LogP contribution in [0.2, 0.25) is 0 Å². The highest BCUT2D eigenvalue weighted by atomic mass is 32.2. The Bertz CT molecular complexity index is 1100. The second-order valence-corrected chi connectivity index (χ2v) is 7.95. The van der Waals surface area contributed by atoms with E-state index < -0.39 is 10.0 Å². The lowest BCUT2D eigenvalue weighted by Gasteiger charge is -2.01. The fourth-order valence-corrected chi connectivity index (χ4v) is 3.39. The van der Waals surface area contributed by atoms with Gasteiger partial charge in [-0.15, -0.1) is 0 Å². The Morgan fingerprint density at radius 1 is 0.786 bits per heavy atom. The van der Waals surface area contributed by atoms with Gasteiger partial charge in [-0.05, 0) is 41.8 Å². The topological polar surface area (TPSA) is 46.5 Å². The summed E-state index contributed by atoms with van der Waals surface area (Å²) in [5.74, 6) is 0. The monoisotopic (exact) mass is 387 g/mol. The van der Waals surface area contributed by atoms with Crippen molar-refractivity contribution in [2.75, 3.05) is 0 Å². The summed E-state index contributed by atoms with van der Waals surface area (Å²) < 4.78 is 28.9. The van der Waals surface area contributed by atoms with Crippen LogP contribution in [0.1, 0.15) is 16.7 Å². The van der Waals surface area contributed by atoms with Gasteiger partial charge in [0.05, 0.1) is 4.90 Å². The molecule has 0 saturated carbocycles. The van der Waals surface area contributed by atoms with E-state index in [0.29, 0.717) is 5.57 Å². The maximum Gasteiger partial charge on any atom is 0.282 e. The van der Waals surface area contributed by atoms with Crippen molar-refractivity contribution < 1.29 is 8.42 Å². The zero-order valence-electron chi connectivity index (χ0n) is 15.6. The van der Waals surface area contributed by atoms with Crippen LogP contribution in [-0.2, 0) is 10.0 Å². The van der Waals surface area contributed by atoms with E-state index in [1.807, 2.05) is 85.8 Å². The van der Waals surface area contributed by atoms with E-state index in [1.165, 1.54) is 6.21 Å². The predicted molar refractivity (Wildman–Crippen MR) is 117 cm³/mol. The van der Waals surface area contributed by atoms with Crippen LogP contribution in [0, 0.1) is 6.92 Å². The number of hydrogen-bond donors (Lipinski definition) is 0. The molecule has 3 aromatic rings. The summed E-state index contributed by atoms with van der Waals surface area (Å²) in [5.41, 5.74) is 3.68. The number of hydrogen-bond acceptors (Lipinski definition) is 2. The zero-order chi connectivity index (χ0) is 19.8. The maximum absolute atomic E-state index is 12.5. The van der Waals surface area contributed by atoms with Gasteiger partial charge in [0.15, 0.2) is 0 Å². The predicted octanol–water partition coefficient (Wildman–Crippen LogP) is 5.55. The Labute approximate surface area is 166 Å². The summed E-state index contributed by atoms with van der Waals surface area (Å²) in [6.07, 6.45) is 7.07. The van der Waals surface area contributed by atoms with Crippen LogP contribution in [0.3, 0.4) is 0 Å². The van der Waals surface area contributed by atoms with E-state index in [-0.39, 0.29) is 4.90 Å². The van der Waals surface area contributed by atoms with Gasteiger partial charge >= 0.3 is 0 Å². The first-order chi connectivity index (χ1) is 13.5. The molecule has 0 aromatic heterocycles. The lowest BCUT2D eigenvalue weighted by Crippen LogP contribution is -1.98. The first kappa shape index (κ1) is 19.5. The number of allylic oxidation sites excluding steroid dienone is 2. The molecule has 3 rings (SSSR count). The van der Waals surface area contributed by atoms with Crippen LogP contribution in [0.5, 0.6) is 0 Å². The van der Waals surface area contributed by atoms with Gasteiger partial charge in [-0.3, -0.25) is 0 Å². The highest BCUT2D eigenvalue weighted by molar-refractivity contribution is 7.90. The van der Waals surface area contributed by atoms with E-state index in [0.717, 1.165) is 16.7 Å². The van der Waals surface area contributed by atoms with Crippen LogP contribution >= 0.6 is 0 Å². The molecule has 0 spiro atoms. The van der Waals surface area contributed by atoms with Crippen molar-refractivity contribution in [3.63, 3.8) is 0 Å². The minimum Gasteiger partial charge on any atom is -0.199 e. The van der Waals surface area contributed by atoms with Gasteiger partial charge in [0.25, 0.3) is 10.0 Å². The Balaban J connectivity index is 1.92. The molecule has 0 N–H and O–H groups in total. The van der Waals surface area contributed by atoms with E-state index in [2.05, 4.69) is 4.40 Å². The van der Waals surface area contributed by atoms with Crippen molar-refractivity contribution in [2.45, 2.75) is 11.8 Å². The third kappa shape index (κ3) is 5.63. The highest BCUT2D eigenvalue weighted by Crippen LogP contribution is 2.15. The minimum atomic E-state index is -3.75. The molecule has 0 unspecified atom stereocenters. The SMILES string of the molecule is Cc1ccc(S(=O)(=O)/N=C/C(=C\c2ccccc2)/C=C/c2ccccc2)cc1. The molecule has 0 atom stereocenters. The van der Waals surface area contributed by atoms with Gasteiger partial charge in [-0.2, -0.15) is 12.8 Å². The maximum atomic E-state index is 12.5. The Hall–Kier alpha value is -3.24. The van der Waals surface area contributed by atoms with Crippen LogP contribution < -0.4 is 0 Å². The number of rotatable bonds is 6. The van der Waals surface area contributed by atoms with Gasteiger partial charge in [-0.25, -0.2) is 0 Å². The molecule has 0 radical (unpaired) electrons. The Morgan fingerprint density at radius 2 is 1.36 bits per heavy atom. The molecule has 0 heterocycles. The summed E-state index contributed by atoms with van der Waals surface area (Å²) in [6, 6.07) is 26.2. The smallest absolute Gasteiger partial charge is 0.199 e. The molecule has 0 saturated heterocycles. The first-order valence-electron chi connectivity index (χ1n) is 8.90. The van der Waals surface area contributed by atoms with Crippen molar-refractivity contribution >= 4 is 28.4 Å². The van der Waals surface area contributed by atoms with E-state index >= 15 is 0 Å². The van der Waals surface area contributed by atoms with E-state index in [4.69, 9.17) is 0 Å². The lowest BCUT2D eigenvalue weighted by atomic mass is 10.1. The van der Waals surface area contributed by atoms with Gasteiger partial charge < -0.3 is 0 Å². The summed E-state index contributed by atoms with van der Waals surface area (Å²) in [4.78, 5) is 0.181. The first-order valence-corrected chi connectivity index (χ1v) is 10.3. The molecule has 0 fully saturated rings. The van der Waals surface area contributed by atoms with Crippen LogP contribution in [0.4, 0.5) is 0 Å². The van der Waals surface area contributed by atoms with Crippen molar-refractivity contribution in [1.29, 1.82) is 0 Å². The van der Waals surface area contributed by atoms with Crippen LogP contribution in [0.25, 0.3) is 12.2 Å². The van der Waals surface area contributed by atoms with E-state index in [9.17, 15) is 8.42 Å². The molecule has 0 aliphatic carbocycles. The fourth-order valence-electron chi connectivity index (χ4n) is 2.53. The summed E-state index contributed by atoms with van der Waals surface area (Å²) in [5, 5.41) is 0. The van der Waals surface area contributed by atoms with Gasteiger partial charge in [0.1, 0.15) is 0 Å². The Kier molecular flexibility index (Phi) is 6.35. The second kappa shape index (κ2) is 9.11. The normalized spacial score (nSPS) is 12.7. The number of aryl methyl sites for hydroxylation is 1. The molecule has 0 bridgehead atoms.